The number of nitrogens with one attached hydrogen (secondary N) is 1. The van der Waals surface area contributed by atoms with Crippen LogP contribution in [0.4, 0.5) is 9.52 Å². The van der Waals surface area contributed by atoms with Crippen LogP contribution in [-0.4, -0.2) is 26.3 Å². The predicted molar refractivity (Wildman–Crippen MR) is 111 cm³/mol. The number of carbonyl (C=O) groups is 1. The van der Waals surface area contributed by atoms with E-state index >= 15 is 0 Å². The summed E-state index contributed by atoms with van der Waals surface area (Å²) < 4.78 is 18.6. The Balaban J connectivity index is 1.38. The van der Waals surface area contributed by atoms with Crippen molar-refractivity contribution in [1.82, 2.24) is 15.2 Å². The van der Waals surface area contributed by atoms with Gasteiger partial charge in [0.05, 0.1) is 10.9 Å². The summed E-state index contributed by atoms with van der Waals surface area (Å²) >= 11 is 2.51. The molecule has 1 amide bonds. The van der Waals surface area contributed by atoms with E-state index in [4.69, 9.17) is 4.42 Å². The normalized spacial score (nSPS) is 11.9. The highest BCUT2D eigenvalue weighted by molar-refractivity contribution is 8.00. The number of anilines is 1. The molecule has 0 spiro atoms. The molecule has 0 radical (unpaired) electrons. The second-order valence-electron chi connectivity index (χ2n) is 6.03. The molecule has 146 valence electrons. The fourth-order valence-electron chi connectivity index (χ4n) is 2.45. The van der Waals surface area contributed by atoms with E-state index in [1.807, 2.05) is 35.7 Å². The van der Waals surface area contributed by atoms with Crippen molar-refractivity contribution in [2.24, 2.45) is 0 Å². The summed E-state index contributed by atoms with van der Waals surface area (Å²) in [5, 5.41) is 12.9. The van der Waals surface area contributed by atoms with Crippen molar-refractivity contribution in [3.05, 3.63) is 65.8 Å². The zero-order valence-electron chi connectivity index (χ0n) is 15.2. The van der Waals surface area contributed by atoms with Crippen LogP contribution in [0, 0.1) is 5.82 Å². The lowest BCUT2D eigenvalue weighted by molar-refractivity contribution is -0.115. The van der Waals surface area contributed by atoms with E-state index in [9.17, 15) is 9.18 Å². The Morgan fingerprint density at radius 3 is 2.62 bits per heavy atom. The average Bonchev–Trinajstić information content (AvgIpc) is 3.39. The minimum Gasteiger partial charge on any atom is -0.411 e. The monoisotopic (exact) mass is 426 g/mol. The minimum atomic E-state index is -0.472. The first-order valence-corrected chi connectivity index (χ1v) is 10.4. The van der Waals surface area contributed by atoms with Gasteiger partial charge in [0.2, 0.25) is 11.8 Å². The number of amides is 1. The van der Waals surface area contributed by atoms with E-state index in [1.54, 1.807) is 19.1 Å². The molecule has 1 N–H and O–H groups in total. The van der Waals surface area contributed by atoms with Crippen LogP contribution in [0.25, 0.3) is 22.7 Å². The molecule has 4 rings (SSSR count). The summed E-state index contributed by atoms with van der Waals surface area (Å²) in [5.74, 6) is -0.288. The third-order valence-corrected chi connectivity index (χ3v) is 5.64. The topological polar surface area (TPSA) is 80.9 Å². The SMILES string of the molecule is CC(Sc1nnc(-c2ccc(F)cc2)o1)C(=O)Nc1nc(-c2ccccc2)cs1. The zero-order chi connectivity index (χ0) is 20.2. The van der Waals surface area contributed by atoms with Crippen molar-refractivity contribution < 1.29 is 13.6 Å². The van der Waals surface area contributed by atoms with E-state index in [0.717, 1.165) is 23.0 Å². The van der Waals surface area contributed by atoms with Crippen LogP contribution < -0.4 is 5.32 Å². The van der Waals surface area contributed by atoms with Crippen molar-refractivity contribution in [3.63, 3.8) is 0 Å². The van der Waals surface area contributed by atoms with Gasteiger partial charge in [0.15, 0.2) is 5.13 Å². The molecule has 0 aliphatic rings. The van der Waals surface area contributed by atoms with E-state index in [-0.39, 0.29) is 22.8 Å². The number of rotatable bonds is 6. The lowest BCUT2D eigenvalue weighted by Crippen LogP contribution is -2.22. The number of aromatic nitrogens is 3. The maximum atomic E-state index is 13.0. The number of hydrogen-bond donors (Lipinski definition) is 1. The number of carbonyl (C=O) groups excluding carboxylic acids is 1. The first kappa shape index (κ1) is 19.3. The van der Waals surface area contributed by atoms with Crippen molar-refractivity contribution in [2.75, 3.05) is 5.32 Å². The molecule has 0 aliphatic carbocycles. The zero-order valence-corrected chi connectivity index (χ0v) is 16.8. The average molecular weight is 426 g/mol. The summed E-state index contributed by atoms with van der Waals surface area (Å²) in [7, 11) is 0. The van der Waals surface area contributed by atoms with E-state index < -0.39 is 5.25 Å². The Kier molecular flexibility index (Phi) is 5.68. The molecule has 0 saturated heterocycles. The van der Waals surface area contributed by atoms with Gasteiger partial charge in [-0.1, -0.05) is 42.1 Å². The molecule has 0 bridgehead atoms. The largest absolute Gasteiger partial charge is 0.411 e. The Hall–Kier alpha value is -3.04. The molecule has 0 fully saturated rings. The molecule has 4 aromatic rings. The molecule has 1 atom stereocenters. The van der Waals surface area contributed by atoms with Gasteiger partial charge in [-0.05, 0) is 31.2 Å². The van der Waals surface area contributed by atoms with Crippen molar-refractivity contribution in [3.8, 4) is 22.7 Å². The highest BCUT2D eigenvalue weighted by atomic mass is 32.2. The summed E-state index contributed by atoms with van der Waals surface area (Å²) in [6.45, 7) is 1.74. The summed E-state index contributed by atoms with van der Waals surface area (Å²) in [5.41, 5.74) is 2.41. The molecule has 2 aromatic heterocycles. The van der Waals surface area contributed by atoms with Gasteiger partial charge in [-0.15, -0.1) is 21.5 Å². The van der Waals surface area contributed by atoms with Crippen LogP contribution in [0.2, 0.25) is 0 Å². The summed E-state index contributed by atoms with van der Waals surface area (Å²) in [6, 6.07) is 15.5. The van der Waals surface area contributed by atoms with Crippen LogP contribution in [0.15, 0.2) is 69.6 Å². The Bertz CT molecular complexity index is 1110. The number of benzene rings is 2. The standard InChI is InChI=1S/C20H15FN4O2S2/c1-12(29-20-25-24-18(27-20)14-7-9-15(21)10-8-14)17(26)23-19-22-16(11-28-19)13-5-3-2-4-6-13/h2-12H,1H3,(H,22,23,26). The number of thioether (sulfide) groups is 1. The lowest BCUT2D eigenvalue weighted by atomic mass is 10.2. The van der Waals surface area contributed by atoms with Gasteiger partial charge in [-0.3, -0.25) is 4.79 Å². The van der Waals surface area contributed by atoms with Gasteiger partial charge in [-0.25, -0.2) is 9.37 Å². The fraction of sp³-hybridized carbons (Fsp3) is 0.100. The number of thiazole rings is 1. The van der Waals surface area contributed by atoms with E-state index in [2.05, 4.69) is 20.5 Å². The number of halogens is 1. The molecule has 0 saturated carbocycles. The van der Waals surface area contributed by atoms with Crippen LogP contribution in [0.1, 0.15) is 6.92 Å². The highest BCUT2D eigenvalue weighted by Crippen LogP contribution is 2.28. The van der Waals surface area contributed by atoms with E-state index in [0.29, 0.717) is 10.7 Å². The maximum Gasteiger partial charge on any atom is 0.277 e. The second-order valence-corrected chi connectivity index (χ2v) is 8.18. The molecule has 0 aliphatic heterocycles. The molecular formula is C20H15FN4O2S2. The number of hydrogen-bond acceptors (Lipinski definition) is 7. The maximum absolute atomic E-state index is 13.0. The smallest absolute Gasteiger partial charge is 0.277 e. The van der Waals surface area contributed by atoms with Crippen molar-refractivity contribution in [2.45, 2.75) is 17.4 Å². The van der Waals surface area contributed by atoms with Crippen molar-refractivity contribution in [1.29, 1.82) is 0 Å². The van der Waals surface area contributed by atoms with Gasteiger partial charge in [0.25, 0.3) is 5.22 Å². The first-order chi connectivity index (χ1) is 14.1. The lowest BCUT2D eigenvalue weighted by Gasteiger charge is -2.07. The Morgan fingerprint density at radius 2 is 1.86 bits per heavy atom. The first-order valence-electron chi connectivity index (χ1n) is 8.66. The van der Waals surface area contributed by atoms with Crippen LogP contribution >= 0.6 is 23.1 Å². The quantitative estimate of drug-likeness (QED) is 0.431. The third-order valence-electron chi connectivity index (χ3n) is 3.95. The van der Waals surface area contributed by atoms with Gasteiger partial charge in [0.1, 0.15) is 5.82 Å². The molecule has 2 heterocycles. The molecule has 29 heavy (non-hydrogen) atoms. The minimum absolute atomic E-state index is 0.217. The number of nitrogens with zero attached hydrogens (tertiary/aromatic N) is 3. The van der Waals surface area contributed by atoms with Crippen LogP contribution in [-0.2, 0) is 4.79 Å². The predicted octanol–water partition coefficient (Wildman–Crippen LogP) is 5.12. The summed E-state index contributed by atoms with van der Waals surface area (Å²) in [6.07, 6.45) is 0. The van der Waals surface area contributed by atoms with Gasteiger partial charge in [0, 0.05) is 16.5 Å². The third kappa shape index (κ3) is 4.69. The van der Waals surface area contributed by atoms with Gasteiger partial charge >= 0.3 is 0 Å². The van der Waals surface area contributed by atoms with Crippen molar-refractivity contribution >= 4 is 34.1 Å². The van der Waals surface area contributed by atoms with Gasteiger partial charge < -0.3 is 9.73 Å². The molecule has 6 nitrogen and oxygen atoms in total. The highest BCUT2D eigenvalue weighted by Gasteiger charge is 2.20. The molecule has 2 aromatic carbocycles. The Labute approximate surface area is 174 Å². The van der Waals surface area contributed by atoms with E-state index in [1.165, 1.54) is 23.5 Å². The molecular weight excluding hydrogens is 411 g/mol. The van der Waals surface area contributed by atoms with Gasteiger partial charge in [-0.2, -0.15) is 0 Å². The van der Waals surface area contributed by atoms with Crippen LogP contribution in [0.5, 0.6) is 0 Å². The molecule has 1 unspecified atom stereocenters. The molecule has 9 heteroatoms. The second kappa shape index (κ2) is 8.54. The Morgan fingerprint density at radius 1 is 1.10 bits per heavy atom. The fourth-order valence-corrected chi connectivity index (χ4v) is 3.86. The summed E-state index contributed by atoms with van der Waals surface area (Å²) in [4.78, 5) is 16.9. The van der Waals surface area contributed by atoms with Crippen LogP contribution in [0.3, 0.4) is 0 Å².